The number of methoxy groups -OCH3 is 1. The van der Waals surface area contributed by atoms with Crippen LogP contribution < -0.4 is 15.0 Å². The Hall–Kier alpha value is -3.30. The van der Waals surface area contributed by atoms with Gasteiger partial charge in [-0.2, -0.15) is 5.26 Å². The summed E-state index contributed by atoms with van der Waals surface area (Å²) in [5.41, 5.74) is 1.05. The number of hydrogen-bond donors (Lipinski definition) is 1. The van der Waals surface area contributed by atoms with Gasteiger partial charge in [0.1, 0.15) is 6.07 Å². The maximum absolute atomic E-state index is 12.4. The first kappa shape index (κ1) is 20.4. The molecule has 3 aromatic rings. The molecule has 29 heavy (non-hydrogen) atoms. The zero-order chi connectivity index (χ0) is 20.8. The molecular weight excluding hydrogens is 390 g/mol. The van der Waals surface area contributed by atoms with E-state index in [1.54, 1.807) is 43.5 Å². The lowest BCUT2D eigenvalue weighted by atomic mass is 10.1. The Labute approximate surface area is 173 Å². The molecule has 6 nitrogen and oxygen atoms in total. The Morgan fingerprint density at radius 1 is 1.28 bits per heavy atom. The third kappa shape index (κ3) is 4.76. The molecule has 0 atom stereocenters. The normalized spacial score (nSPS) is 11.3. The summed E-state index contributed by atoms with van der Waals surface area (Å²) in [6, 6.07) is 12.3. The summed E-state index contributed by atoms with van der Waals surface area (Å²) >= 11 is 5.94. The van der Waals surface area contributed by atoms with E-state index in [0.717, 1.165) is 18.4 Å². The Morgan fingerprint density at radius 3 is 2.83 bits per heavy atom. The fourth-order valence-electron chi connectivity index (χ4n) is 2.78. The van der Waals surface area contributed by atoms with Gasteiger partial charge in [0, 0.05) is 5.02 Å². The molecule has 7 heteroatoms. The molecule has 2 aromatic carbocycles. The van der Waals surface area contributed by atoms with Crippen LogP contribution >= 0.6 is 11.6 Å². The van der Waals surface area contributed by atoms with Crippen LogP contribution in [0.3, 0.4) is 0 Å². The van der Waals surface area contributed by atoms with E-state index in [0.29, 0.717) is 34.0 Å². The van der Waals surface area contributed by atoms with E-state index in [4.69, 9.17) is 21.1 Å². The van der Waals surface area contributed by atoms with E-state index < -0.39 is 0 Å². The van der Waals surface area contributed by atoms with Crippen molar-refractivity contribution < 1.29 is 9.47 Å². The fraction of sp³-hybridized carbons (Fsp3) is 0.227. The van der Waals surface area contributed by atoms with E-state index >= 15 is 0 Å². The third-order valence-corrected chi connectivity index (χ3v) is 4.53. The Bertz CT molecular complexity index is 1160. The molecule has 0 aliphatic rings. The van der Waals surface area contributed by atoms with Crippen LogP contribution in [0.2, 0.25) is 5.02 Å². The van der Waals surface area contributed by atoms with E-state index in [-0.39, 0.29) is 17.0 Å². The largest absolute Gasteiger partial charge is 0.493 e. The quantitative estimate of drug-likeness (QED) is 0.446. The van der Waals surface area contributed by atoms with Crippen LogP contribution in [0, 0.1) is 11.3 Å². The first-order valence-corrected chi connectivity index (χ1v) is 9.56. The monoisotopic (exact) mass is 409 g/mol. The summed E-state index contributed by atoms with van der Waals surface area (Å²) < 4.78 is 11.1. The van der Waals surface area contributed by atoms with Gasteiger partial charge in [-0.3, -0.25) is 4.79 Å². The number of unbranched alkanes of at least 4 members (excludes halogenated alkanes) is 1. The van der Waals surface area contributed by atoms with Gasteiger partial charge in [0.15, 0.2) is 17.3 Å². The summed E-state index contributed by atoms with van der Waals surface area (Å²) in [4.78, 5) is 19.4. The number of hydrogen-bond acceptors (Lipinski definition) is 5. The Balaban J connectivity index is 1.98. The number of benzene rings is 2. The van der Waals surface area contributed by atoms with E-state index in [9.17, 15) is 10.1 Å². The number of fused-ring (bicyclic) bond motifs is 1. The number of ether oxygens (including phenoxy) is 2. The predicted molar refractivity (Wildman–Crippen MR) is 114 cm³/mol. The average molecular weight is 410 g/mol. The van der Waals surface area contributed by atoms with Crippen LogP contribution in [0.15, 0.2) is 41.2 Å². The van der Waals surface area contributed by atoms with Gasteiger partial charge in [0.2, 0.25) is 0 Å². The van der Waals surface area contributed by atoms with Gasteiger partial charge in [0.05, 0.1) is 30.2 Å². The summed E-state index contributed by atoms with van der Waals surface area (Å²) in [5.74, 6) is 1.40. The molecule has 0 bridgehead atoms. The lowest BCUT2D eigenvalue weighted by Gasteiger charge is -2.11. The number of nitrogens with zero attached hydrogens (tertiary/aromatic N) is 2. The van der Waals surface area contributed by atoms with Crippen LogP contribution in [0.25, 0.3) is 22.6 Å². The van der Waals surface area contributed by atoms with E-state index in [2.05, 4.69) is 23.0 Å². The molecule has 3 rings (SSSR count). The lowest BCUT2D eigenvalue weighted by molar-refractivity contribution is 0.288. The van der Waals surface area contributed by atoms with Gasteiger partial charge in [0.25, 0.3) is 5.56 Å². The molecule has 0 saturated carbocycles. The molecule has 1 N–H and O–H groups in total. The zero-order valence-electron chi connectivity index (χ0n) is 16.2. The second-order valence-corrected chi connectivity index (χ2v) is 6.79. The van der Waals surface area contributed by atoms with Crippen molar-refractivity contribution in [1.29, 1.82) is 5.26 Å². The van der Waals surface area contributed by atoms with Crippen molar-refractivity contribution >= 4 is 34.2 Å². The van der Waals surface area contributed by atoms with Gasteiger partial charge < -0.3 is 14.5 Å². The summed E-state index contributed by atoms with van der Waals surface area (Å²) in [6.45, 7) is 2.70. The maximum atomic E-state index is 12.4. The second-order valence-electron chi connectivity index (χ2n) is 6.36. The maximum Gasteiger partial charge on any atom is 0.259 e. The standard InChI is InChI=1S/C22H20ClN3O3/c1-3-4-9-29-19-8-5-14(11-20(19)28-2)10-15(13-24)21-25-18-7-6-16(23)12-17(18)22(27)26-21/h5-8,10-12H,3-4,9H2,1-2H3,(H,25,26,27)/b15-10+. The highest BCUT2D eigenvalue weighted by Gasteiger charge is 2.10. The highest BCUT2D eigenvalue weighted by molar-refractivity contribution is 6.31. The Morgan fingerprint density at radius 2 is 2.10 bits per heavy atom. The molecule has 0 unspecified atom stereocenters. The number of allylic oxidation sites excluding steroid dienone is 1. The SMILES string of the molecule is CCCCOc1ccc(/C=C(\C#N)c2nc3ccc(Cl)cc3c(=O)[nH]2)cc1OC. The van der Waals surface area contributed by atoms with Crippen LogP contribution in [-0.4, -0.2) is 23.7 Å². The van der Waals surface area contributed by atoms with E-state index in [1.165, 1.54) is 0 Å². The number of nitriles is 1. The van der Waals surface area contributed by atoms with Gasteiger partial charge >= 0.3 is 0 Å². The molecule has 0 radical (unpaired) electrons. The topological polar surface area (TPSA) is 88.0 Å². The fourth-order valence-corrected chi connectivity index (χ4v) is 2.95. The molecule has 0 fully saturated rings. The van der Waals surface area contributed by atoms with Crippen molar-refractivity contribution in [1.82, 2.24) is 9.97 Å². The van der Waals surface area contributed by atoms with Gasteiger partial charge in [-0.05, 0) is 48.4 Å². The summed E-state index contributed by atoms with van der Waals surface area (Å²) in [6.07, 6.45) is 3.63. The molecule has 0 saturated heterocycles. The highest BCUT2D eigenvalue weighted by Crippen LogP contribution is 2.30. The van der Waals surface area contributed by atoms with Crippen LogP contribution in [0.4, 0.5) is 0 Å². The first-order valence-electron chi connectivity index (χ1n) is 9.18. The number of aromatic amines is 1. The molecule has 0 amide bonds. The number of nitrogens with one attached hydrogen (secondary N) is 1. The van der Waals surface area contributed by atoms with Crippen molar-refractivity contribution in [2.24, 2.45) is 0 Å². The Kier molecular flexibility index (Phi) is 6.53. The summed E-state index contributed by atoms with van der Waals surface area (Å²) in [7, 11) is 1.56. The van der Waals surface area contributed by atoms with E-state index in [1.807, 2.05) is 6.07 Å². The number of halogens is 1. The minimum Gasteiger partial charge on any atom is -0.493 e. The van der Waals surface area contributed by atoms with Crippen molar-refractivity contribution in [3.8, 4) is 17.6 Å². The molecular formula is C22H20ClN3O3. The molecule has 1 heterocycles. The van der Waals surface area contributed by atoms with Gasteiger partial charge in [-0.15, -0.1) is 0 Å². The second kappa shape index (κ2) is 9.26. The minimum atomic E-state index is -0.356. The third-order valence-electron chi connectivity index (χ3n) is 4.30. The van der Waals surface area contributed by atoms with Crippen molar-refractivity contribution in [2.45, 2.75) is 19.8 Å². The van der Waals surface area contributed by atoms with Crippen LogP contribution in [-0.2, 0) is 0 Å². The minimum absolute atomic E-state index is 0.189. The molecule has 1 aromatic heterocycles. The zero-order valence-corrected chi connectivity index (χ0v) is 16.9. The molecule has 0 aliphatic heterocycles. The predicted octanol–water partition coefficient (Wildman–Crippen LogP) is 4.83. The number of aromatic nitrogens is 2. The van der Waals surface area contributed by atoms with Gasteiger partial charge in [-0.1, -0.05) is 31.0 Å². The molecule has 0 aliphatic carbocycles. The molecule has 148 valence electrons. The van der Waals surface area contributed by atoms with Crippen molar-refractivity contribution in [2.75, 3.05) is 13.7 Å². The summed E-state index contributed by atoms with van der Waals surface area (Å²) in [5, 5.41) is 10.4. The van der Waals surface area contributed by atoms with Gasteiger partial charge in [-0.25, -0.2) is 4.98 Å². The van der Waals surface area contributed by atoms with Crippen molar-refractivity contribution in [3.05, 3.63) is 63.2 Å². The average Bonchev–Trinajstić information content (AvgIpc) is 2.73. The van der Waals surface area contributed by atoms with Crippen LogP contribution in [0.5, 0.6) is 11.5 Å². The highest BCUT2D eigenvalue weighted by atomic mass is 35.5. The molecule has 0 spiro atoms. The number of rotatable bonds is 7. The number of H-pyrrole nitrogens is 1. The van der Waals surface area contributed by atoms with Crippen molar-refractivity contribution in [3.63, 3.8) is 0 Å². The lowest BCUT2D eigenvalue weighted by Crippen LogP contribution is -2.11. The van der Waals surface area contributed by atoms with Crippen LogP contribution in [0.1, 0.15) is 31.2 Å². The smallest absolute Gasteiger partial charge is 0.259 e. The first-order chi connectivity index (χ1) is 14.0.